The lowest BCUT2D eigenvalue weighted by Crippen LogP contribution is -2.26. The second-order valence-corrected chi connectivity index (χ2v) is 7.12. The van der Waals surface area contributed by atoms with Gasteiger partial charge < -0.3 is 9.64 Å². The van der Waals surface area contributed by atoms with E-state index in [1.165, 1.54) is 0 Å². The van der Waals surface area contributed by atoms with E-state index in [4.69, 9.17) is 10.00 Å². The van der Waals surface area contributed by atoms with Crippen LogP contribution in [0, 0.1) is 38.5 Å². The molecule has 0 saturated carbocycles. The van der Waals surface area contributed by atoms with Crippen molar-refractivity contribution >= 4 is 44.4 Å². The third-order valence-electron chi connectivity index (χ3n) is 4.12. The third-order valence-corrected chi connectivity index (χ3v) is 5.08. The fourth-order valence-corrected chi connectivity index (χ4v) is 3.34. The lowest BCUT2D eigenvalue weighted by Gasteiger charge is -2.23. The Bertz CT molecular complexity index is 1060. The van der Waals surface area contributed by atoms with Crippen LogP contribution in [0.1, 0.15) is 18.9 Å². The number of aryl methyl sites for hydroxylation is 1. The standard InChI is InChI=1S/C18H18N6O6S/c1-3-22(8-6-17(25)30-9-7-19)13-4-5-14(12(2)10-13)20-21-18-15(23(26)27)11-16(31-18)24(28)29/h4-5,10-11H,3,6,8-9H2,1-2H3/b21-20+. The van der Waals surface area contributed by atoms with Crippen molar-refractivity contribution in [1.82, 2.24) is 0 Å². The lowest BCUT2D eigenvalue weighted by molar-refractivity contribution is -0.389. The zero-order chi connectivity index (χ0) is 23.0. The van der Waals surface area contributed by atoms with Gasteiger partial charge in [-0.05, 0) is 48.9 Å². The van der Waals surface area contributed by atoms with Gasteiger partial charge in [-0.3, -0.25) is 25.0 Å². The fraction of sp³-hybridized carbons (Fsp3) is 0.333. The summed E-state index contributed by atoms with van der Waals surface area (Å²) >= 11 is 0.574. The molecule has 0 radical (unpaired) electrons. The van der Waals surface area contributed by atoms with Crippen LogP contribution in [-0.2, 0) is 9.53 Å². The third kappa shape index (κ3) is 6.28. The molecule has 0 saturated heterocycles. The van der Waals surface area contributed by atoms with Gasteiger partial charge in [-0.2, -0.15) is 5.26 Å². The van der Waals surface area contributed by atoms with Crippen molar-refractivity contribution in [1.29, 1.82) is 5.26 Å². The molecule has 0 aliphatic heterocycles. The van der Waals surface area contributed by atoms with E-state index in [-0.39, 0.29) is 23.0 Å². The molecular formula is C18H18N6O6S. The molecule has 0 fully saturated rings. The molecule has 1 aromatic carbocycles. The van der Waals surface area contributed by atoms with Crippen LogP contribution in [0.4, 0.5) is 27.1 Å². The Balaban J connectivity index is 2.17. The number of nitro groups is 2. The number of benzene rings is 1. The summed E-state index contributed by atoms with van der Waals surface area (Å²) in [5, 5.41) is 37.7. The van der Waals surface area contributed by atoms with E-state index in [0.717, 1.165) is 17.3 Å². The number of carbonyl (C=O) groups excluding carboxylic acids is 1. The van der Waals surface area contributed by atoms with Crippen LogP contribution < -0.4 is 4.90 Å². The van der Waals surface area contributed by atoms with Gasteiger partial charge in [0.2, 0.25) is 5.00 Å². The summed E-state index contributed by atoms with van der Waals surface area (Å²) in [6.45, 7) is 4.43. The van der Waals surface area contributed by atoms with Crippen molar-refractivity contribution in [3.8, 4) is 6.07 Å². The Morgan fingerprint density at radius 3 is 2.58 bits per heavy atom. The number of rotatable bonds is 10. The van der Waals surface area contributed by atoms with E-state index < -0.39 is 21.5 Å². The minimum absolute atomic E-state index is 0.122. The second kappa shape index (κ2) is 10.7. The first-order valence-corrected chi connectivity index (χ1v) is 9.81. The molecular weight excluding hydrogens is 428 g/mol. The number of nitriles is 1. The van der Waals surface area contributed by atoms with E-state index in [1.54, 1.807) is 25.1 Å². The number of azo groups is 1. The van der Waals surface area contributed by atoms with E-state index >= 15 is 0 Å². The summed E-state index contributed by atoms with van der Waals surface area (Å²) < 4.78 is 4.74. The number of anilines is 1. The van der Waals surface area contributed by atoms with Crippen LogP contribution in [0.3, 0.4) is 0 Å². The molecule has 1 heterocycles. The van der Waals surface area contributed by atoms with Crippen molar-refractivity contribution in [2.75, 3.05) is 24.6 Å². The molecule has 162 valence electrons. The first kappa shape index (κ1) is 23.4. The van der Waals surface area contributed by atoms with Gasteiger partial charge >= 0.3 is 16.7 Å². The average molecular weight is 446 g/mol. The predicted octanol–water partition coefficient (Wildman–Crippen LogP) is 4.57. The van der Waals surface area contributed by atoms with Gasteiger partial charge in [0, 0.05) is 18.8 Å². The molecule has 0 N–H and O–H groups in total. The molecule has 0 aliphatic rings. The van der Waals surface area contributed by atoms with Gasteiger partial charge in [-0.15, -0.1) is 10.2 Å². The average Bonchev–Trinajstić information content (AvgIpc) is 3.17. The highest BCUT2D eigenvalue weighted by molar-refractivity contribution is 7.19. The summed E-state index contributed by atoms with van der Waals surface area (Å²) in [5.41, 5.74) is 1.51. The molecule has 13 heteroatoms. The summed E-state index contributed by atoms with van der Waals surface area (Å²) in [5.74, 6) is -0.464. The first-order chi connectivity index (χ1) is 14.8. The fourth-order valence-electron chi connectivity index (χ4n) is 2.58. The van der Waals surface area contributed by atoms with Crippen LogP contribution in [0.15, 0.2) is 34.5 Å². The van der Waals surface area contributed by atoms with Gasteiger partial charge in [0.1, 0.15) is 12.1 Å². The van der Waals surface area contributed by atoms with E-state index in [1.807, 2.05) is 17.9 Å². The van der Waals surface area contributed by atoms with Gasteiger partial charge in [0.25, 0.3) is 0 Å². The van der Waals surface area contributed by atoms with Crippen molar-refractivity contribution in [2.45, 2.75) is 20.3 Å². The maximum absolute atomic E-state index is 11.6. The number of carbonyl (C=O) groups is 1. The van der Waals surface area contributed by atoms with Crippen LogP contribution in [0.5, 0.6) is 0 Å². The summed E-state index contributed by atoms with van der Waals surface area (Å²) in [6.07, 6.45) is 0.122. The highest BCUT2D eigenvalue weighted by atomic mass is 32.1. The molecule has 0 aliphatic carbocycles. The number of hydrogen-bond donors (Lipinski definition) is 0. The molecule has 0 amide bonds. The number of ether oxygens (including phenoxy) is 1. The lowest BCUT2D eigenvalue weighted by atomic mass is 10.1. The van der Waals surface area contributed by atoms with E-state index in [9.17, 15) is 25.0 Å². The number of nitrogens with zero attached hydrogens (tertiary/aromatic N) is 6. The van der Waals surface area contributed by atoms with Crippen LogP contribution in [-0.4, -0.2) is 35.5 Å². The highest BCUT2D eigenvalue weighted by Gasteiger charge is 2.25. The van der Waals surface area contributed by atoms with Crippen molar-refractivity contribution in [3.05, 3.63) is 50.1 Å². The largest absolute Gasteiger partial charge is 0.450 e. The van der Waals surface area contributed by atoms with Gasteiger partial charge in [0.15, 0.2) is 6.61 Å². The molecule has 0 bridgehead atoms. The summed E-state index contributed by atoms with van der Waals surface area (Å²) in [7, 11) is 0. The zero-order valence-corrected chi connectivity index (χ0v) is 17.5. The zero-order valence-electron chi connectivity index (χ0n) is 16.7. The maximum atomic E-state index is 11.6. The molecule has 12 nitrogen and oxygen atoms in total. The monoisotopic (exact) mass is 446 g/mol. The topological polar surface area (TPSA) is 164 Å². The quantitative estimate of drug-likeness (QED) is 0.221. The number of esters is 1. The Morgan fingerprint density at radius 1 is 1.26 bits per heavy atom. The minimum atomic E-state index is -0.742. The van der Waals surface area contributed by atoms with E-state index in [2.05, 4.69) is 10.2 Å². The van der Waals surface area contributed by atoms with Crippen molar-refractivity contribution in [3.63, 3.8) is 0 Å². The molecule has 0 spiro atoms. The van der Waals surface area contributed by atoms with Crippen molar-refractivity contribution < 1.29 is 19.4 Å². The second-order valence-electron chi connectivity index (χ2n) is 6.11. The van der Waals surface area contributed by atoms with E-state index in [0.29, 0.717) is 30.1 Å². The summed E-state index contributed by atoms with van der Waals surface area (Å²) in [6, 6.07) is 7.85. The molecule has 2 rings (SSSR count). The normalized spacial score (nSPS) is 10.6. The van der Waals surface area contributed by atoms with Crippen LogP contribution in [0.25, 0.3) is 0 Å². The van der Waals surface area contributed by atoms with Crippen LogP contribution >= 0.6 is 11.3 Å². The molecule has 1 aromatic heterocycles. The molecule has 0 unspecified atom stereocenters. The Labute approximate surface area is 180 Å². The Morgan fingerprint density at radius 2 is 2.00 bits per heavy atom. The SMILES string of the molecule is CCN(CCC(=O)OCC#N)c1ccc(/N=N/c2sc([N+](=O)[O-])cc2[N+](=O)[O-])c(C)c1. The highest BCUT2D eigenvalue weighted by Crippen LogP contribution is 2.42. The van der Waals surface area contributed by atoms with Gasteiger partial charge in [-0.1, -0.05) is 0 Å². The summed E-state index contributed by atoms with van der Waals surface area (Å²) in [4.78, 5) is 34.0. The Hall–Kier alpha value is -3.92. The van der Waals surface area contributed by atoms with Crippen molar-refractivity contribution in [2.24, 2.45) is 10.2 Å². The van der Waals surface area contributed by atoms with Gasteiger partial charge in [-0.25, -0.2) is 0 Å². The minimum Gasteiger partial charge on any atom is -0.450 e. The molecule has 31 heavy (non-hydrogen) atoms. The number of hydrogen-bond acceptors (Lipinski definition) is 11. The molecule has 0 atom stereocenters. The Kier molecular flexibility index (Phi) is 8.09. The number of thiophene rings is 1. The van der Waals surface area contributed by atoms with Gasteiger partial charge in [0.05, 0.1) is 22.0 Å². The maximum Gasteiger partial charge on any atom is 0.333 e. The molecule has 2 aromatic rings. The first-order valence-electron chi connectivity index (χ1n) is 8.99. The smallest absolute Gasteiger partial charge is 0.333 e. The van der Waals surface area contributed by atoms with Crippen LogP contribution in [0.2, 0.25) is 0 Å². The predicted molar refractivity (Wildman–Crippen MR) is 112 cm³/mol.